The number of benzene rings is 1. The number of nitrogens with zero attached hydrogens (tertiary/aromatic N) is 4. The first kappa shape index (κ1) is 27.4. The Balaban J connectivity index is 1.97. The van der Waals surface area contributed by atoms with Gasteiger partial charge >= 0.3 is 0 Å². The van der Waals surface area contributed by atoms with Crippen LogP contribution in [0.4, 0.5) is 4.39 Å². The molecule has 2 heterocycles. The Morgan fingerprint density at radius 3 is 2.50 bits per heavy atom. The lowest BCUT2D eigenvalue weighted by molar-refractivity contribution is 0.0673. The van der Waals surface area contributed by atoms with Crippen LogP contribution in [0.1, 0.15) is 41.4 Å². The predicted octanol–water partition coefficient (Wildman–Crippen LogP) is 4.24. The van der Waals surface area contributed by atoms with Gasteiger partial charge in [0.05, 0.1) is 22.0 Å². The molecule has 7 nitrogen and oxygen atoms in total. The number of aromatic nitrogens is 2. The average Bonchev–Trinajstić information content (AvgIpc) is 2.83. The van der Waals surface area contributed by atoms with E-state index < -0.39 is 11.7 Å². The number of hydrogen-bond acceptors (Lipinski definition) is 6. The van der Waals surface area contributed by atoms with Crippen LogP contribution in [0.3, 0.4) is 0 Å². The third-order valence-corrected chi connectivity index (χ3v) is 6.56. The minimum Gasteiger partial charge on any atom is -0.404 e. The number of piperidine rings is 1. The Morgan fingerprint density at radius 2 is 1.94 bits per heavy atom. The molecule has 1 aliphatic rings. The fraction of sp³-hybridized carbons (Fsp3) is 0.370. The van der Waals surface area contributed by atoms with Crippen LogP contribution in [-0.2, 0) is 6.42 Å². The third-order valence-electron chi connectivity index (χ3n) is 6.26. The quantitative estimate of drug-likeness (QED) is 0.513. The van der Waals surface area contributed by atoms with Crippen LogP contribution in [0.25, 0.3) is 16.8 Å². The number of halogens is 2. The Kier molecular flexibility index (Phi) is 9.23. The van der Waals surface area contributed by atoms with Crippen molar-refractivity contribution in [3.05, 3.63) is 76.7 Å². The zero-order valence-corrected chi connectivity index (χ0v) is 21.9. The summed E-state index contributed by atoms with van der Waals surface area (Å²) in [5.41, 5.74) is 14.7. The molecule has 0 aliphatic carbocycles. The summed E-state index contributed by atoms with van der Waals surface area (Å²) in [6.07, 6.45) is 8.50. The molecule has 1 aromatic heterocycles. The number of amides is 1. The summed E-state index contributed by atoms with van der Waals surface area (Å²) in [7, 11) is 4.08. The van der Waals surface area contributed by atoms with Crippen molar-refractivity contribution in [2.45, 2.75) is 26.2 Å². The predicted molar refractivity (Wildman–Crippen MR) is 144 cm³/mol. The Morgan fingerprint density at radius 1 is 1.25 bits per heavy atom. The van der Waals surface area contributed by atoms with Gasteiger partial charge in [-0.1, -0.05) is 31.2 Å². The molecule has 0 atom stereocenters. The van der Waals surface area contributed by atoms with Crippen LogP contribution in [-0.4, -0.2) is 59.4 Å². The van der Waals surface area contributed by atoms with Gasteiger partial charge in [-0.2, -0.15) is 0 Å². The van der Waals surface area contributed by atoms with E-state index in [1.807, 2.05) is 21.0 Å². The number of likely N-dealkylation sites (tertiary alicyclic amines) is 1. The maximum absolute atomic E-state index is 15.4. The zero-order chi connectivity index (χ0) is 26.4. The van der Waals surface area contributed by atoms with Crippen LogP contribution in [0.2, 0.25) is 5.02 Å². The van der Waals surface area contributed by atoms with Crippen molar-refractivity contribution >= 4 is 23.1 Å². The molecule has 0 radical (unpaired) electrons. The van der Waals surface area contributed by atoms with Gasteiger partial charge in [0.25, 0.3) is 5.91 Å². The second kappa shape index (κ2) is 12.1. The van der Waals surface area contributed by atoms with Gasteiger partial charge in [0.2, 0.25) is 0 Å². The minimum atomic E-state index is -0.690. The summed E-state index contributed by atoms with van der Waals surface area (Å²) in [5, 5.41) is 0.0391. The van der Waals surface area contributed by atoms with Gasteiger partial charge in [-0.25, -0.2) is 14.4 Å². The van der Waals surface area contributed by atoms with Crippen molar-refractivity contribution < 1.29 is 9.18 Å². The Bertz CT molecular complexity index is 1160. The summed E-state index contributed by atoms with van der Waals surface area (Å²) in [4.78, 5) is 25.8. The van der Waals surface area contributed by atoms with Gasteiger partial charge in [-0.05, 0) is 57.5 Å². The number of allylic oxidation sites excluding steroid dienone is 3. The van der Waals surface area contributed by atoms with E-state index in [0.29, 0.717) is 53.5 Å². The van der Waals surface area contributed by atoms with E-state index in [0.717, 1.165) is 25.1 Å². The van der Waals surface area contributed by atoms with E-state index >= 15 is 4.39 Å². The van der Waals surface area contributed by atoms with E-state index in [4.69, 9.17) is 23.1 Å². The van der Waals surface area contributed by atoms with E-state index in [1.54, 1.807) is 23.1 Å². The molecule has 1 amide bonds. The number of nitrogens with two attached hydrogens (primary N) is 2. The highest BCUT2D eigenvalue weighted by molar-refractivity contribution is 6.34. The number of hydrogen-bond donors (Lipinski definition) is 2. The molecule has 0 bridgehead atoms. The van der Waals surface area contributed by atoms with Crippen LogP contribution in [0, 0.1) is 11.7 Å². The average molecular weight is 513 g/mol. The lowest BCUT2D eigenvalue weighted by atomic mass is 9.94. The maximum Gasteiger partial charge on any atom is 0.258 e. The van der Waals surface area contributed by atoms with Crippen LogP contribution >= 0.6 is 11.6 Å². The highest BCUT2D eigenvalue weighted by atomic mass is 35.5. The molecule has 0 saturated carbocycles. The molecule has 1 saturated heterocycles. The molecule has 9 heteroatoms. The monoisotopic (exact) mass is 512 g/mol. The smallest absolute Gasteiger partial charge is 0.258 e. The standard InChI is InChI=1S/C27H34ClFN6O/c1-5-23-24(19(14-30)7-6-17(2)31)26(33-16-32-23)20-12-21(28)25(22(29)13-20)27(36)35-10-8-18(9-11-35)15-34(3)4/h6-7,12-14,16,18H,2,5,8-11,15,30-31H2,1,3-4H3/b7-6-,19-14+. The molecule has 0 spiro atoms. The molecular weight excluding hydrogens is 479 g/mol. The summed E-state index contributed by atoms with van der Waals surface area (Å²) in [6.45, 7) is 7.75. The summed E-state index contributed by atoms with van der Waals surface area (Å²) >= 11 is 6.52. The van der Waals surface area contributed by atoms with E-state index in [1.165, 1.54) is 18.6 Å². The Hall–Kier alpha value is -3.23. The normalized spacial score (nSPS) is 15.2. The molecule has 4 N–H and O–H groups in total. The van der Waals surface area contributed by atoms with Crippen LogP contribution in [0.5, 0.6) is 0 Å². The lowest BCUT2D eigenvalue weighted by Crippen LogP contribution is -2.41. The zero-order valence-electron chi connectivity index (χ0n) is 21.1. The van der Waals surface area contributed by atoms with Crippen molar-refractivity contribution in [1.82, 2.24) is 19.8 Å². The van der Waals surface area contributed by atoms with Crippen molar-refractivity contribution in [2.24, 2.45) is 17.4 Å². The molecule has 1 fully saturated rings. The SMILES string of the molecule is C=C(N)/C=C\C(=C/N)c1c(CC)ncnc1-c1cc(F)c(C(=O)N2CCC(CN(C)C)CC2)c(Cl)c1. The molecule has 1 aromatic carbocycles. The van der Waals surface area contributed by atoms with Crippen molar-refractivity contribution in [1.29, 1.82) is 0 Å². The highest BCUT2D eigenvalue weighted by Crippen LogP contribution is 2.34. The molecular formula is C27H34ClFN6O. The lowest BCUT2D eigenvalue weighted by Gasteiger charge is -2.33. The molecule has 192 valence electrons. The van der Waals surface area contributed by atoms with Gasteiger partial charge in [-0.15, -0.1) is 0 Å². The number of carbonyl (C=O) groups excluding carboxylic acids is 1. The van der Waals surface area contributed by atoms with Gasteiger partial charge in [-0.3, -0.25) is 4.79 Å². The number of aryl methyl sites for hydroxylation is 1. The van der Waals surface area contributed by atoms with E-state index in [9.17, 15) is 4.79 Å². The summed E-state index contributed by atoms with van der Waals surface area (Å²) in [5.74, 6) is -0.563. The van der Waals surface area contributed by atoms with E-state index in [-0.39, 0.29) is 10.6 Å². The molecule has 2 aromatic rings. The second-order valence-electron chi connectivity index (χ2n) is 9.24. The number of carbonyl (C=O) groups is 1. The van der Waals surface area contributed by atoms with Crippen molar-refractivity contribution in [2.75, 3.05) is 33.7 Å². The first-order chi connectivity index (χ1) is 17.2. The summed E-state index contributed by atoms with van der Waals surface area (Å²) < 4.78 is 15.4. The highest BCUT2D eigenvalue weighted by Gasteiger charge is 2.28. The molecule has 3 rings (SSSR count). The largest absolute Gasteiger partial charge is 0.404 e. The number of rotatable bonds is 8. The van der Waals surface area contributed by atoms with Gasteiger partial charge < -0.3 is 21.3 Å². The fourth-order valence-electron chi connectivity index (χ4n) is 4.54. The molecule has 36 heavy (non-hydrogen) atoms. The van der Waals surface area contributed by atoms with Crippen molar-refractivity contribution in [3.63, 3.8) is 0 Å². The van der Waals surface area contributed by atoms with Crippen molar-refractivity contribution in [3.8, 4) is 11.3 Å². The first-order valence-electron chi connectivity index (χ1n) is 12.0. The fourth-order valence-corrected chi connectivity index (χ4v) is 4.83. The second-order valence-corrected chi connectivity index (χ2v) is 9.65. The molecule has 1 aliphatic heterocycles. The van der Waals surface area contributed by atoms with Gasteiger partial charge in [0.1, 0.15) is 12.1 Å². The maximum atomic E-state index is 15.4. The topological polar surface area (TPSA) is 101 Å². The van der Waals surface area contributed by atoms with Gasteiger partial charge in [0, 0.05) is 48.2 Å². The summed E-state index contributed by atoms with van der Waals surface area (Å²) in [6, 6.07) is 2.87. The minimum absolute atomic E-state index is 0.0391. The first-order valence-corrected chi connectivity index (χ1v) is 12.4. The van der Waals surface area contributed by atoms with Gasteiger partial charge in [0.15, 0.2) is 0 Å². The van der Waals surface area contributed by atoms with Crippen LogP contribution in [0.15, 0.2) is 49.1 Å². The third kappa shape index (κ3) is 6.30. The van der Waals surface area contributed by atoms with E-state index in [2.05, 4.69) is 21.4 Å². The van der Waals surface area contributed by atoms with Crippen LogP contribution < -0.4 is 11.5 Å². The Labute approximate surface area is 217 Å². The molecule has 0 unspecified atom stereocenters.